The van der Waals surface area contributed by atoms with Crippen LogP contribution in [0.3, 0.4) is 0 Å². The zero-order valence-electron chi connectivity index (χ0n) is 9.66. The average Bonchev–Trinajstić information content (AvgIpc) is 2.33. The topological polar surface area (TPSA) is 32.3 Å². The molecule has 0 radical (unpaired) electrons. The number of phenols is 1. The summed E-state index contributed by atoms with van der Waals surface area (Å²) in [5.74, 6) is 0.209. The summed E-state index contributed by atoms with van der Waals surface area (Å²) >= 11 is 11.9. The minimum Gasteiger partial charge on any atom is -0.508 e. The minimum atomic E-state index is 0.209. The van der Waals surface area contributed by atoms with Gasteiger partial charge in [-0.2, -0.15) is 0 Å². The number of benzene rings is 2. The first kappa shape index (κ1) is 13.2. The van der Waals surface area contributed by atoms with Crippen molar-refractivity contribution in [3.8, 4) is 5.75 Å². The zero-order valence-corrected chi connectivity index (χ0v) is 11.2. The highest BCUT2D eigenvalue weighted by molar-refractivity contribution is 6.31. The van der Waals surface area contributed by atoms with Crippen LogP contribution in [-0.2, 0) is 13.1 Å². The fraction of sp³-hybridized carbons (Fsp3) is 0.143. The number of halogens is 2. The van der Waals surface area contributed by atoms with Gasteiger partial charge in [0.15, 0.2) is 0 Å². The molecule has 0 aliphatic heterocycles. The summed E-state index contributed by atoms with van der Waals surface area (Å²) in [4.78, 5) is 0. The van der Waals surface area contributed by atoms with Crippen molar-refractivity contribution in [2.24, 2.45) is 0 Å². The van der Waals surface area contributed by atoms with Crippen LogP contribution in [0.15, 0.2) is 42.5 Å². The number of hydrogen-bond donors (Lipinski definition) is 2. The lowest BCUT2D eigenvalue weighted by atomic mass is 10.2. The second-order valence-corrected chi connectivity index (χ2v) is 4.81. The molecule has 0 amide bonds. The van der Waals surface area contributed by atoms with Gasteiger partial charge in [-0.25, -0.2) is 0 Å². The molecule has 0 fully saturated rings. The highest BCUT2D eigenvalue weighted by atomic mass is 35.5. The molecule has 2 aromatic carbocycles. The molecule has 0 saturated heterocycles. The average molecular weight is 282 g/mol. The highest BCUT2D eigenvalue weighted by Gasteiger charge is 2.05. The summed E-state index contributed by atoms with van der Waals surface area (Å²) in [5.41, 5.74) is 1.80. The van der Waals surface area contributed by atoms with Crippen molar-refractivity contribution in [3.63, 3.8) is 0 Å². The number of phenolic OH excluding ortho intramolecular Hbond substituents is 1. The summed E-state index contributed by atoms with van der Waals surface area (Å²) in [5, 5.41) is 14.2. The summed E-state index contributed by atoms with van der Waals surface area (Å²) in [6.45, 7) is 1.18. The van der Waals surface area contributed by atoms with Crippen molar-refractivity contribution in [2.75, 3.05) is 0 Å². The maximum atomic E-state index is 9.69. The summed E-state index contributed by atoms with van der Waals surface area (Å²) < 4.78 is 0. The fourth-order valence-electron chi connectivity index (χ4n) is 1.70. The Kier molecular flexibility index (Phi) is 4.48. The Balaban J connectivity index is 1.97. The van der Waals surface area contributed by atoms with Crippen LogP contribution in [-0.4, -0.2) is 5.11 Å². The smallest absolute Gasteiger partial charge is 0.121 e. The second kappa shape index (κ2) is 6.10. The highest BCUT2D eigenvalue weighted by Crippen LogP contribution is 2.24. The third-order valence-electron chi connectivity index (χ3n) is 2.61. The van der Waals surface area contributed by atoms with E-state index in [1.807, 2.05) is 24.3 Å². The Bertz CT molecular complexity index is 523. The molecule has 4 heteroatoms. The number of nitrogens with one attached hydrogen (secondary N) is 1. The molecule has 0 atom stereocenters. The van der Waals surface area contributed by atoms with Crippen LogP contribution in [0.2, 0.25) is 10.0 Å². The molecule has 0 aromatic heterocycles. The van der Waals surface area contributed by atoms with Crippen molar-refractivity contribution < 1.29 is 5.11 Å². The van der Waals surface area contributed by atoms with Crippen LogP contribution < -0.4 is 5.32 Å². The first-order chi connectivity index (χ1) is 8.66. The number of hydrogen-bond acceptors (Lipinski definition) is 2. The van der Waals surface area contributed by atoms with Crippen LogP contribution in [0, 0.1) is 0 Å². The van der Waals surface area contributed by atoms with Crippen LogP contribution >= 0.6 is 23.2 Å². The van der Waals surface area contributed by atoms with E-state index in [4.69, 9.17) is 23.2 Å². The van der Waals surface area contributed by atoms with E-state index in [0.717, 1.165) is 10.6 Å². The largest absolute Gasteiger partial charge is 0.508 e. The molecule has 2 nitrogen and oxygen atoms in total. The molecule has 2 rings (SSSR count). The van der Waals surface area contributed by atoms with E-state index in [9.17, 15) is 5.11 Å². The maximum absolute atomic E-state index is 9.69. The third kappa shape index (κ3) is 3.39. The first-order valence-corrected chi connectivity index (χ1v) is 6.34. The van der Waals surface area contributed by atoms with Crippen LogP contribution in [0.4, 0.5) is 0 Å². The lowest BCUT2D eigenvalue weighted by molar-refractivity contribution is 0.464. The molecular weight excluding hydrogens is 269 g/mol. The summed E-state index contributed by atoms with van der Waals surface area (Å²) in [7, 11) is 0. The molecule has 0 unspecified atom stereocenters. The van der Waals surface area contributed by atoms with Crippen molar-refractivity contribution in [1.82, 2.24) is 5.32 Å². The molecule has 2 N–H and O–H groups in total. The van der Waals surface area contributed by atoms with E-state index in [1.165, 1.54) is 0 Å². The standard InChI is InChI=1S/C14H13Cl2NO/c15-11-4-1-3-10(7-11)8-17-9-12-13(16)5-2-6-14(12)18/h1-7,17-18H,8-9H2. The van der Waals surface area contributed by atoms with Crippen molar-refractivity contribution in [1.29, 1.82) is 0 Å². The van der Waals surface area contributed by atoms with E-state index in [1.54, 1.807) is 18.2 Å². The van der Waals surface area contributed by atoms with E-state index >= 15 is 0 Å². The molecular formula is C14H13Cl2NO. The van der Waals surface area contributed by atoms with Crippen LogP contribution in [0.5, 0.6) is 5.75 Å². The van der Waals surface area contributed by atoms with E-state index in [2.05, 4.69) is 5.32 Å². The lowest BCUT2D eigenvalue weighted by Crippen LogP contribution is -2.13. The van der Waals surface area contributed by atoms with Crippen molar-refractivity contribution in [2.45, 2.75) is 13.1 Å². The van der Waals surface area contributed by atoms with Gasteiger partial charge in [-0.3, -0.25) is 0 Å². The van der Waals surface area contributed by atoms with Crippen molar-refractivity contribution in [3.05, 3.63) is 63.6 Å². The van der Waals surface area contributed by atoms with Gasteiger partial charge >= 0.3 is 0 Å². The summed E-state index contributed by atoms with van der Waals surface area (Å²) in [6.07, 6.45) is 0. The van der Waals surface area contributed by atoms with Gasteiger partial charge in [0.2, 0.25) is 0 Å². The van der Waals surface area contributed by atoms with Crippen LogP contribution in [0.1, 0.15) is 11.1 Å². The normalized spacial score (nSPS) is 10.6. The molecule has 0 bridgehead atoms. The van der Waals surface area contributed by atoms with Crippen LogP contribution in [0.25, 0.3) is 0 Å². The van der Waals surface area contributed by atoms with E-state index < -0.39 is 0 Å². The third-order valence-corrected chi connectivity index (χ3v) is 3.20. The van der Waals surface area contributed by atoms with E-state index in [-0.39, 0.29) is 5.75 Å². The first-order valence-electron chi connectivity index (χ1n) is 5.58. The fourth-order valence-corrected chi connectivity index (χ4v) is 2.15. The Morgan fingerprint density at radius 2 is 1.78 bits per heavy atom. The van der Waals surface area contributed by atoms with Gasteiger partial charge in [0.1, 0.15) is 5.75 Å². The van der Waals surface area contributed by atoms with Gasteiger partial charge in [-0.1, -0.05) is 41.4 Å². The predicted molar refractivity (Wildman–Crippen MR) is 75.1 cm³/mol. The number of aromatic hydroxyl groups is 1. The summed E-state index contributed by atoms with van der Waals surface area (Å²) in [6, 6.07) is 12.8. The van der Waals surface area contributed by atoms with Gasteiger partial charge in [-0.15, -0.1) is 0 Å². The Morgan fingerprint density at radius 1 is 1.00 bits per heavy atom. The SMILES string of the molecule is Oc1cccc(Cl)c1CNCc1cccc(Cl)c1. The lowest BCUT2D eigenvalue weighted by Gasteiger charge is -2.09. The predicted octanol–water partition coefficient (Wildman–Crippen LogP) is 3.99. The molecule has 0 spiro atoms. The Hall–Kier alpha value is -1.22. The van der Waals surface area contributed by atoms with Gasteiger partial charge in [-0.05, 0) is 29.8 Å². The van der Waals surface area contributed by atoms with Crippen molar-refractivity contribution >= 4 is 23.2 Å². The number of rotatable bonds is 4. The maximum Gasteiger partial charge on any atom is 0.121 e. The molecule has 0 saturated carbocycles. The molecule has 0 heterocycles. The molecule has 2 aromatic rings. The van der Waals surface area contributed by atoms with Gasteiger partial charge in [0, 0.05) is 28.7 Å². The molecule has 0 aliphatic carbocycles. The zero-order chi connectivity index (χ0) is 13.0. The quantitative estimate of drug-likeness (QED) is 0.888. The molecule has 18 heavy (non-hydrogen) atoms. The van der Waals surface area contributed by atoms with Gasteiger partial charge < -0.3 is 10.4 Å². The monoisotopic (exact) mass is 281 g/mol. The molecule has 0 aliphatic rings. The minimum absolute atomic E-state index is 0.209. The van der Waals surface area contributed by atoms with Gasteiger partial charge in [0.25, 0.3) is 0 Å². The van der Waals surface area contributed by atoms with E-state index in [0.29, 0.717) is 23.7 Å². The molecule has 94 valence electrons. The second-order valence-electron chi connectivity index (χ2n) is 3.97. The Labute approximate surface area is 116 Å². The Morgan fingerprint density at radius 3 is 2.50 bits per heavy atom. The van der Waals surface area contributed by atoms with Gasteiger partial charge in [0.05, 0.1) is 0 Å².